The third-order valence-electron chi connectivity index (χ3n) is 2.71. The molecule has 0 saturated carbocycles. The van der Waals surface area contributed by atoms with Crippen molar-refractivity contribution in [2.75, 3.05) is 0 Å². The molecule has 2 rings (SSSR count). The van der Waals surface area contributed by atoms with Gasteiger partial charge in [-0.1, -0.05) is 6.07 Å². The van der Waals surface area contributed by atoms with E-state index in [1.54, 1.807) is 6.07 Å². The van der Waals surface area contributed by atoms with Gasteiger partial charge in [0, 0.05) is 27.3 Å². The molecule has 0 spiro atoms. The fourth-order valence-electron chi connectivity index (χ4n) is 1.80. The first-order valence-corrected chi connectivity index (χ1v) is 7.35. The van der Waals surface area contributed by atoms with Crippen molar-refractivity contribution in [1.82, 2.24) is 4.98 Å². The van der Waals surface area contributed by atoms with E-state index >= 15 is 0 Å². The summed E-state index contributed by atoms with van der Waals surface area (Å²) in [6, 6.07) is 5.53. The highest BCUT2D eigenvalue weighted by molar-refractivity contribution is 8.13. The van der Waals surface area contributed by atoms with Crippen LogP contribution in [-0.4, -0.2) is 13.4 Å². The van der Waals surface area contributed by atoms with Crippen LogP contribution >= 0.6 is 10.7 Å². The summed E-state index contributed by atoms with van der Waals surface area (Å²) in [7, 11) is 1.74. The quantitative estimate of drug-likeness (QED) is 0.841. The van der Waals surface area contributed by atoms with Crippen LogP contribution in [0.5, 0.6) is 0 Å². The summed E-state index contributed by atoms with van der Waals surface area (Å²) in [5.74, 6) is -0.131. The van der Waals surface area contributed by atoms with Crippen molar-refractivity contribution in [3.63, 3.8) is 0 Å². The second-order valence-corrected chi connectivity index (χ2v) is 6.72. The van der Waals surface area contributed by atoms with E-state index in [4.69, 9.17) is 10.7 Å². The number of nitrogens with one attached hydrogen (secondary N) is 1. The lowest BCUT2D eigenvalue weighted by atomic mass is 10.1. The normalized spacial score (nSPS) is 12.2. The Labute approximate surface area is 98.8 Å². The van der Waals surface area contributed by atoms with E-state index < -0.39 is 9.05 Å². The van der Waals surface area contributed by atoms with E-state index in [-0.39, 0.29) is 5.75 Å². The van der Waals surface area contributed by atoms with Gasteiger partial charge in [-0.25, -0.2) is 8.42 Å². The van der Waals surface area contributed by atoms with Gasteiger partial charge in [0.05, 0.1) is 5.75 Å². The lowest BCUT2D eigenvalue weighted by Crippen LogP contribution is -1.94. The molecule has 1 aromatic heterocycles. The van der Waals surface area contributed by atoms with Crippen LogP contribution in [0.25, 0.3) is 10.9 Å². The zero-order chi connectivity index (χ0) is 11.9. The van der Waals surface area contributed by atoms with Crippen molar-refractivity contribution in [1.29, 1.82) is 0 Å². The van der Waals surface area contributed by atoms with Crippen molar-refractivity contribution in [2.24, 2.45) is 0 Å². The minimum absolute atomic E-state index is 0.131. The number of hydrogen-bond donors (Lipinski definition) is 1. The Morgan fingerprint density at radius 2 is 2.00 bits per heavy atom. The van der Waals surface area contributed by atoms with E-state index in [1.165, 1.54) is 0 Å². The van der Waals surface area contributed by atoms with Gasteiger partial charge in [0.15, 0.2) is 0 Å². The van der Waals surface area contributed by atoms with Crippen LogP contribution < -0.4 is 0 Å². The second-order valence-electron chi connectivity index (χ2n) is 3.94. The molecule has 0 aliphatic heterocycles. The van der Waals surface area contributed by atoms with Gasteiger partial charge in [-0.15, -0.1) is 0 Å². The summed E-state index contributed by atoms with van der Waals surface area (Å²) >= 11 is 0. The molecule has 0 aliphatic carbocycles. The average molecular weight is 258 g/mol. The number of hydrogen-bond acceptors (Lipinski definition) is 2. The first kappa shape index (κ1) is 11.5. The van der Waals surface area contributed by atoms with Crippen LogP contribution in [0.3, 0.4) is 0 Å². The van der Waals surface area contributed by atoms with Crippen molar-refractivity contribution >= 4 is 30.6 Å². The van der Waals surface area contributed by atoms with E-state index in [2.05, 4.69) is 4.98 Å². The molecule has 2 aromatic rings. The van der Waals surface area contributed by atoms with Crippen LogP contribution in [-0.2, 0) is 14.8 Å². The number of benzene rings is 1. The van der Waals surface area contributed by atoms with E-state index in [9.17, 15) is 8.42 Å². The molecule has 86 valence electrons. The van der Waals surface area contributed by atoms with Gasteiger partial charge < -0.3 is 4.98 Å². The molecular weight excluding hydrogens is 246 g/mol. The Hall–Kier alpha value is -1.00. The lowest BCUT2D eigenvalue weighted by Gasteiger charge is -1.99. The maximum Gasteiger partial charge on any atom is 0.236 e. The molecule has 1 aromatic carbocycles. The molecule has 3 nitrogen and oxygen atoms in total. The Morgan fingerprint density at radius 3 is 2.62 bits per heavy atom. The van der Waals surface area contributed by atoms with Gasteiger partial charge in [-0.05, 0) is 37.1 Å². The molecule has 5 heteroatoms. The van der Waals surface area contributed by atoms with Crippen LogP contribution in [0.15, 0.2) is 18.2 Å². The zero-order valence-electron chi connectivity index (χ0n) is 9.04. The molecule has 16 heavy (non-hydrogen) atoms. The summed E-state index contributed by atoms with van der Waals surface area (Å²) < 4.78 is 22.0. The molecular formula is C11H12ClNO2S. The SMILES string of the molecule is Cc1[nH]c2ccc(CS(=O)(=O)Cl)cc2c1C. The first-order valence-electron chi connectivity index (χ1n) is 4.87. The smallest absolute Gasteiger partial charge is 0.236 e. The molecule has 0 atom stereocenters. The first-order chi connectivity index (χ1) is 7.37. The summed E-state index contributed by atoms with van der Waals surface area (Å²) in [5.41, 5.74) is 3.97. The standard InChI is InChI=1S/C11H12ClNO2S/c1-7-8(2)13-11-4-3-9(5-10(7)11)6-16(12,14)15/h3-5,13H,6H2,1-2H3. The average Bonchev–Trinajstić information content (AvgIpc) is 2.42. The third-order valence-corrected chi connectivity index (χ3v) is 3.72. The molecule has 0 amide bonds. The summed E-state index contributed by atoms with van der Waals surface area (Å²) in [4.78, 5) is 3.23. The van der Waals surface area contributed by atoms with Gasteiger partial charge in [0.2, 0.25) is 9.05 Å². The van der Waals surface area contributed by atoms with Gasteiger partial charge in [0.1, 0.15) is 0 Å². The predicted molar refractivity (Wildman–Crippen MR) is 66.2 cm³/mol. The highest BCUT2D eigenvalue weighted by Crippen LogP contribution is 2.23. The number of aromatic amines is 1. The van der Waals surface area contributed by atoms with E-state index in [0.29, 0.717) is 5.56 Å². The summed E-state index contributed by atoms with van der Waals surface area (Å²) in [6.07, 6.45) is 0. The monoisotopic (exact) mass is 257 g/mol. The number of fused-ring (bicyclic) bond motifs is 1. The molecule has 0 unspecified atom stereocenters. The molecule has 1 N–H and O–H groups in total. The molecule has 1 heterocycles. The fourth-order valence-corrected chi connectivity index (χ4v) is 2.75. The van der Waals surface area contributed by atoms with E-state index in [1.807, 2.05) is 26.0 Å². The molecule has 0 fully saturated rings. The highest BCUT2D eigenvalue weighted by atomic mass is 35.7. The van der Waals surface area contributed by atoms with Gasteiger partial charge in [-0.3, -0.25) is 0 Å². The Bertz CT molecular complexity index is 643. The Kier molecular flexibility index (Phi) is 2.72. The van der Waals surface area contributed by atoms with Crippen LogP contribution in [0.2, 0.25) is 0 Å². The number of aromatic nitrogens is 1. The van der Waals surface area contributed by atoms with Crippen molar-refractivity contribution in [2.45, 2.75) is 19.6 Å². The van der Waals surface area contributed by atoms with Crippen molar-refractivity contribution < 1.29 is 8.42 Å². The van der Waals surface area contributed by atoms with Gasteiger partial charge in [0.25, 0.3) is 0 Å². The minimum atomic E-state index is -3.49. The van der Waals surface area contributed by atoms with Crippen molar-refractivity contribution in [3.8, 4) is 0 Å². The maximum absolute atomic E-state index is 11.0. The third kappa shape index (κ3) is 2.23. The minimum Gasteiger partial charge on any atom is -0.358 e. The van der Waals surface area contributed by atoms with Crippen LogP contribution in [0, 0.1) is 13.8 Å². The highest BCUT2D eigenvalue weighted by Gasteiger charge is 2.09. The molecule has 0 bridgehead atoms. The number of rotatable bonds is 2. The van der Waals surface area contributed by atoms with E-state index in [0.717, 1.165) is 22.2 Å². The Balaban J connectivity index is 2.55. The number of H-pyrrole nitrogens is 1. The second kappa shape index (κ2) is 3.79. The topological polar surface area (TPSA) is 49.9 Å². The van der Waals surface area contributed by atoms with Gasteiger partial charge >= 0.3 is 0 Å². The fraction of sp³-hybridized carbons (Fsp3) is 0.273. The van der Waals surface area contributed by atoms with Crippen LogP contribution in [0.4, 0.5) is 0 Å². The van der Waals surface area contributed by atoms with Gasteiger partial charge in [-0.2, -0.15) is 0 Å². The zero-order valence-corrected chi connectivity index (χ0v) is 10.6. The Morgan fingerprint density at radius 1 is 1.31 bits per heavy atom. The van der Waals surface area contributed by atoms with Crippen molar-refractivity contribution in [3.05, 3.63) is 35.0 Å². The number of halogens is 1. The summed E-state index contributed by atoms with van der Waals surface area (Å²) in [6.45, 7) is 4.00. The van der Waals surface area contributed by atoms with Crippen LogP contribution in [0.1, 0.15) is 16.8 Å². The largest absolute Gasteiger partial charge is 0.358 e. The molecule has 0 aliphatic rings. The molecule has 0 saturated heterocycles. The lowest BCUT2D eigenvalue weighted by molar-refractivity contribution is 0.609. The number of aryl methyl sites for hydroxylation is 2. The predicted octanol–water partition coefficient (Wildman–Crippen LogP) is 2.85. The maximum atomic E-state index is 11.0. The molecule has 0 radical (unpaired) electrons. The summed E-state index contributed by atoms with van der Waals surface area (Å²) in [5, 5.41) is 1.05.